The van der Waals surface area contributed by atoms with Gasteiger partial charge in [0.1, 0.15) is 18.2 Å². The Morgan fingerprint density at radius 3 is 2.45 bits per heavy atom. The molecular formula is C23H28FN3O2. The number of ether oxygens (including phenoxy) is 1. The number of carbonyl (C=O) groups is 1. The van der Waals surface area contributed by atoms with E-state index in [-0.39, 0.29) is 11.7 Å². The van der Waals surface area contributed by atoms with Crippen LogP contribution >= 0.6 is 0 Å². The van der Waals surface area contributed by atoms with Crippen LogP contribution in [-0.2, 0) is 11.4 Å². The van der Waals surface area contributed by atoms with Crippen molar-refractivity contribution in [3.05, 3.63) is 65.5 Å². The monoisotopic (exact) mass is 397 g/mol. The van der Waals surface area contributed by atoms with Crippen LogP contribution in [0.5, 0.6) is 5.75 Å². The zero-order valence-electron chi connectivity index (χ0n) is 16.8. The predicted octanol–water partition coefficient (Wildman–Crippen LogP) is 2.62. The first kappa shape index (κ1) is 19.9. The molecule has 2 aromatic carbocycles. The molecule has 1 amide bonds. The predicted molar refractivity (Wildman–Crippen MR) is 110 cm³/mol. The topological polar surface area (TPSA) is 44.8 Å². The van der Waals surface area contributed by atoms with Gasteiger partial charge in [-0.2, -0.15) is 0 Å². The maximum absolute atomic E-state index is 12.9. The zero-order chi connectivity index (χ0) is 20.2. The van der Waals surface area contributed by atoms with Gasteiger partial charge in [-0.3, -0.25) is 4.79 Å². The molecule has 0 spiro atoms. The van der Waals surface area contributed by atoms with Crippen molar-refractivity contribution >= 4 is 5.91 Å². The van der Waals surface area contributed by atoms with E-state index >= 15 is 0 Å². The second kappa shape index (κ2) is 8.93. The highest BCUT2D eigenvalue weighted by Gasteiger charge is 2.38. The molecule has 1 heterocycles. The minimum absolute atomic E-state index is 0.202. The molecule has 0 unspecified atom stereocenters. The lowest BCUT2D eigenvalue weighted by atomic mass is 10.1. The standard InChI is InChI=1S/C23H28FN3O2/c1-26-10-12-27(13-11-26)23(28)15-25-22-14-21(22)18-4-8-20(9-5-18)29-16-17-2-6-19(24)7-3-17/h2-9,21-22,25H,10-16H2,1H3/t21-,22+/m0/s1. The smallest absolute Gasteiger partial charge is 0.236 e. The van der Waals surface area contributed by atoms with Crippen LogP contribution in [0.3, 0.4) is 0 Å². The molecule has 0 bridgehead atoms. The van der Waals surface area contributed by atoms with E-state index in [9.17, 15) is 9.18 Å². The summed E-state index contributed by atoms with van der Waals surface area (Å²) in [6.07, 6.45) is 1.06. The SMILES string of the molecule is CN1CCN(C(=O)CN[C@@H]2C[C@H]2c2ccc(OCc3ccc(F)cc3)cc2)CC1. The third-order valence-electron chi connectivity index (χ3n) is 5.79. The van der Waals surface area contributed by atoms with E-state index in [0.29, 0.717) is 25.1 Å². The molecule has 4 rings (SSSR count). The highest BCUT2D eigenvalue weighted by molar-refractivity contribution is 5.78. The van der Waals surface area contributed by atoms with E-state index in [1.54, 1.807) is 12.1 Å². The number of benzene rings is 2. The van der Waals surface area contributed by atoms with Crippen molar-refractivity contribution < 1.29 is 13.9 Å². The van der Waals surface area contributed by atoms with Crippen LogP contribution < -0.4 is 10.1 Å². The Bertz CT molecular complexity index is 817. The highest BCUT2D eigenvalue weighted by atomic mass is 19.1. The average Bonchev–Trinajstić information content (AvgIpc) is 3.52. The number of nitrogens with one attached hydrogen (secondary N) is 1. The lowest BCUT2D eigenvalue weighted by Gasteiger charge is -2.32. The Balaban J connectivity index is 1.20. The molecular weight excluding hydrogens is 369 g/mol. The van der Waals surface area contributed by atoms with Crippen molar-refractivity contribution in [2.75, 3.05) is 39.8 Å². The van der Waals surface area contributed by atoms with Crippen LogP contribution in [0.1, 0.15) is 23.5 Å². The summed E-state index contributed by atoms with van der Waals surface area (Å²) in [6, 6.07) is 14.8. The van der Waals surface area contributed by atoms with Crippen molar-refractivity contribution in [1.29, 1.82) is 0 Å². The molecule has 2 aliphatic rings. The van der Waals surface area contributed by atoms with Crippen molar-refractivity contribution in [3.63, 3.8) is 0 Å². The second-order valence-corrected chi connectivity index (χ2v) is 8.00. The van der Waals surface area contributed by atoms with Gasteiger partial charge in [-0.15, -0.1) is 0 Å². The van der Waals surface area contributed by atoms with Gasteiger partial charge >= 0.3 is 0 Å². The molecule has 1 saturated heterocycles. The Hall–Kier alpha value is -2.44. The summed E-state index contributed by atoms with van der Waals surface area (Å²) in [5, 5.41) is 3.41. The van der Waals surface area contributed by atoms with E-state index < -0.39 is 0 Å². The lowest BCUT2D eigenvalue weighted by molar-refractivity contribution is -0.131. The Kier molecular flexibility index (Phi) is 6.11. The summed E-state index contributed by atoms with van der Waals surface area (Å²) in [5.74, 6) is 1.22. The summed E-state index contributed by atoms with van der Waals surface area (Å²) < 4.78 is 18.7. The molecule has 0 aromatic heterocycles. The molecule has 1 aliphatic heterocycles. The van der Waals surface area contributed by atoms with Crippen LogP contribution in [0.4, 0.5) is 4.39 Å². The van der Waals surface area contributed by atoms with Gasteiger partial charge in [-0.1, -0.05) is 24.3 Å². The summed E-state index contributed by atoms with van der Waals surface area (Å²) in [4.78, 5) is 16.5. The Morgan fingerprint density at radius 2 is 1.76 bits per heavy atom. The van der Waals surface area contributed by atoms with Gasteiger partial charge in [0.25, 0.3) is 0 Å². The summed E-state index contributed by atoms with van der Waals surface area (Å²) in [7, 11) is 2.09. The first-order valence-corrected chi connectivity index (χ1v) is 10.3. The maximum atomic E-state index is 12.9. The number of likely N-dealkylation sites (N-methyl/N-ethyl adjacent to an activating group) is 1. The molecule has 2 atom stereocenters. The Morgan fingerprint density at radius 1 is 1.07 bits per heavy atom. The van der Waals surface area contributed by atoms with Crippen LogP contribution in [-0.4, -0.2) is 61.5 Å². The van der Waals surface area contributed by atoms with Gasteiger partial charge < -0.3 is 19.9 Å². The molecule has 5 nitrogen and oxygen atoms in total. The van der Waals surface area contributed by atoms with Crippen molar-refractivity contribution in [2.24, 2.45) is 0 Å². The van der Waals surface area contributed by atoms with Crippen LogP contribution in [0.2, 0.25) is 0 Å². The number of carbonyl (C=O) groups excluding carboxylic acids is 1. The minimum atomic E-state index is -0.240. The van der Waals surface area contributed by atoms with Gasteiger partial charge in [-0.05, 0) is 48.9 Å². The van der Waals surface area contributed by atoms with Crippen molar-refractivity contribution in [1.82, 2.24) is 15.1 Å². The normalized spacial score (nSPS) is 21.8. The van der Waals surface area contributed by atoms with E-state index in [2.05, 4.69) is 29.4 Å². The number of amides is 1. The Labute approximate surface area is 171 Å². The van der Waals surface area contributed by atoms with Gasteiger partial charge in [0.05, 0.1) is 6.54 Å². The largest absolute Gasteiger partial charge is 0.489 e. The number of rotatable bonds is 7. The first-order valence-electron chi connectivity index (χ1n) is 10.3. The fourth-order valence-electron chi connectivity index (χ4n) is 3.73. The fourth-order valence-corrected chi connectivity index (χ4v) is 3.73. The number of piperazine rings is 1. The van der Waals surface area contributed by atoms with E-state index in [4.69, 9.17) is 4.74 Å². The molecule has 154 valence electrons. The lowest BCUT2D eigenvalue weighted by Crippen LogP contribution is -2.49. The maximum Gasteiger partial charge on any atom is 0.236 e. The molecule has 6 heteroatoms. The molecule has 2 fully saturated rings. The summed E-state index contributed by atoms with van der Waals surface area (Å²) in [5.41, 5.74) is 2.20. The highest BCUT2D eigenvalue weighted by Crippen LogP contribution is 2.41. The molecule has 1 aliphatic carbocycles. The van der Waals surface area contributed by atoms with E-state index in [1.807, 2.05) is 17.0 Å². The number of nitrogens with zero attached hydrogens (tertiary/aromatic N) is 2. The van der Waals surface area contributed by atoms with Gasteiger partial charge in [-0.25, -0.2) is 4.39 Å². The third-order valence-corrected chi connectivity index (χ3v) is 5.79. The molecule has 1 saturated carbocycles. The van der Waals surface area contributed by atoms with Crippen LogP contribution in [0, 0.1) is 5.82 Å². The molecule has 1 N–H and O–H groups in total. The first-order chi connectivity index (χ1) is 14.1. The van der Waals surface area contributed by atoms with Crippen molar-refractivity contribution in [2.45, 2.75) is 25.0 Å². The fraction of sp³-hybridized carbons (Fsp3) is 0.435. The quantitative estimate of drug-likeness (QED) is 0.780. The van der Waals surface area contributed by atoms with E-state index in [0.717, 1.165) is 43.9 Å². The zero-order valence-corrected chi connectivity index (χ0v) is 16.8. The van der Waals surface area contributed by atoms with Crippen LogP contribution in [0.25, 0.3) is 0 Å². The van der Waals surface area contributed by atoms with Gasteiger partial charge in [0.15, 0.2) is 0 Å². The third kappa shape index (κ3) is 5.34. The number of hydrogen-bond acceptors (Lipinski definition) is 4. The molecule has 29 heavy (non-hydrogen) atoms. The molecule has 2 aromatic rings. The molecule has 0 radical (unpaired) electrons. The average molecular weight is 397 g/mol. The number of hydrogen-bond donors (Lipinski definition) is 1. The van der Waals surface area contributed by atoms with Crippen LogP contribution in [0.15, 0.2) is 48.5 Å². The summed E-state index contributed by atoms with van der Waals surface area (Å²) in [6.45, 7) is 4.39. The minimum Gasteiger partial charge on any atom is -0.489 e. The van der Waals surface area contributed by atoms with E-state index in [1.165, 1.54) is 17.7 Å². The number of halogens is 1. The van der Waals surface area contributed by atoms with Gasteiger partial charge in [0.2, 0.25) is 5.91 Å². The summed E-state index contributed by atoms with van der Waals surface area (Å²) >= 11 is 0. The van der Waals surface area contributed by atoms with Gasteiger partial charge in [0, 0.05) is 38.1 Å². The second-order valence-electron chi connectivity index (χ2n) is 8.00. The van der Waals surface area contributed by atoms with Crippen molar-refractivity contribution in [3.8, 4) is 5.75 Å².